The zero-order valence-electron chi connectivity index (χ0n) is 14.3. The summed E-state index contributed by atoms with van der Waals surface area (Å²) in [7, 11) is 1.40. The Kier molecular flexibility index (Phi) is 5.33. The lowest BCUT2D eigenvalue weighted by Gasteiger charge is -2.25. The lowest BCUT2D eigenvalue weighted by molar-refractivity contribution is -0.140. The Morgan fingerprint density at radius 3 is 2.88 bits per heavy atom. The van der Waals surface area contributed by atoms with Crippen LogP contribution in [0.25, 0.3) is 0 Å². The number of rotatable bonds is 6. The number of esters is 1. The second kappa shape index (κ2) is 7.65. The number of nitrogens with one attached hydrogen (secondary N) is 1. The van der Waals surface area contributed by atoms with Gasteiger partial charge in [-0.1, -0.05) is 6.07 Å². The number of aryl methyl sites for hydroxylation is 1. The second-order valence-electron chi connectivity index (χ2n) is 5.95. The van der Waals surface area contributed by atoms with Gasteiger partial charge in [0.25, 0.3) is 0 Å². The van der Waals surface area contributed by atoms with E-state index in [-0.39, 0.29) is 18.1 Å². The lowest BCUT2D eigenvalue weighted by atomic mass is 10.0. The van der Waals surface area contributed by atoms with E-state index in [4.69, 9.17) is 21.4 Å². The predicted molar refractivity (Wildman–Crippen MR) is 96.9 cm³/mol. The molecule has 1 aliphatic heterocycles. The fraction of sp³-hybridized carbons (Fsp3) is 0.389. The van der Waals surface area contributed by atoms with Crippen LogP contribution in [-0.4, -0.2) is 34.6 Å². The number of ether oxygens (including phenoxy) is 1. The summed E-state index contributed by atoms with van der Waals surface area (Å²) in [6.07, 6.45) is 2.78. The molecule has 0 aliphatic carbocycles. The Balaban J connectivity index is 1.85. The van der Waals surface area contributed by atoms with E-state index in [9.17, 15) is 4.79 Å². The monoisotopic (exact) mass is 359 g/mol. The number of carbonyl (C=O) groups excluding carboxylic acids is 1. The first-order valence-electron chi connectivity index (χ1n) is 8.21. The zero-order valence-corrected chi connectivity index (χ0v) is 15.1. The highest BCUT2D eigenvalue weighted by Crippen LogP contribution is 2.39. The summed E-state index contributed by atoms with van der Waals surface area (Å²) in [4.78, 5) is 17.9. The summed E-state index contributed by atoms with van der Waals surface area (Å²) >= 11 is 5.54. The van der Waals surface area contributed by atoms with Crippen molar-refractivity contribution < 1.29 is 13.9 Å². The molecular weight excluding hydrogens is 338 g/mol. The van der Waals surface area contributed by atoms with Crippen LogP contribution in [0.3, 0.4) is 0 Å². The third-order valence-corrected chi connectivity index (χ3v) is 4.61. The molecule has 3 heterocycles. The van der Waals surface area contributed by atoms with Crippen molar-refractivity contribution in [2.75, 3.05) is 13.7 Å². The maximum atomic E-state index is 11.4. The molecule has 132 valence electrons. The van der Waals surface area contributed by atoms with E-state index >= 15 is 0 Å². The Morgan fingerprint density at radius 2 is 2.24 bits per heavy atom. The second-order valence-corrected chi connectivity index (χ2v) is 6.33. The first-order chi connectivity index (χ1) is 12.1. The minimum Gasteiger partial charge on any atom is -0.469 e. The van der Waals surface area contributed by atoms with Crippen molar-refractivity contribution >= 4 is 23.3 Å². The molecular formula is C18H21N3O3S. The molecule has 0 amide bonds. The van der Waals surface area contributed by atoms with E-state index in [1.54, 1.807) is 6.20 Å². The topological polar surface area (TPSA) is 67.6 Å². The van der Waals surface area contributed by atoms with Gasteiger partial charge in [0.1, 0.15) is 17.6 Å². The van der Waals surface area contributed by atoms with Gasteiger partial charge in [-0.15, -0.1) is 0 Å². The van der Waals surface area contributed by atoms with Gasteiger partial charge >= 0.3 is 5.97 Å². The van der Waals surface area contributed by atoms with Crippen LogP contribution in [0.5, 0.6) is 0 Å². The van der Waals surface area contributed by atoms with Crippen molar-refractivity contribution in [3.63, 3.8) is 0 Å². The van der Waals surface area contributed by atoms with Crippen molar-refractivity contribution in [1.29, 1.82) is 0 Å². The largest absolute Gasteiger partial charge is 0.469 e. The Morgan fingerprint density at radius 1 is 1.40 bits per heavy atom. The third-order valence-electron chi connectivity index (χ3n) is 4.26. The minimum atomic E-state index is -0.218. The molecule has 1 saturated heterocycles. The van der Waals surface area contributed by atoms with Gasteiger partial charge in [0.2, 0.25) is 0 Å². The molecule has 2 aromatic heterocycles. The Labute approximate surface area is 152 Å². The van der Waals surface area contributed by atoms with Crippen LogP contribution < -0.4 is 5.32 Å². The normalized spacial score (nSPS) is 19.8. The fourth-order valence-electron chi connectivity index (χ4n) is 3.06. The van der Waals surface area contributed by atoms with Gasteiger partial charge in [-0.3, -0.25) is 9.78 Å². The molecule has 0 spiro atoms. The molecule has 0 saturated carbocycles. The average molecular weight is 359 g/mol. The average Bonchev–Trinajstić information content (AvgIpc) is 3.19. The lowest BCUT2D eigenvalue weighted by Crippen LogP contribution is -2.30. The maximum Gasteiger partial charge on any atom is 0.305 e. The van der Waals surface area contributed by atoms with E-state index in [1.165, 1.54) is 7.11 Å². The SMILES string of the molecule is COC(=O)CCCN1C(=S)N[C@H](c2ccccn2)[C@H]1c1ccc(C)o1. The van der Waals surface area contributed by atoms with Crippen LogP contribution in [0.4, 0.5) is 0 Å². The van der Waals surface area contributed by atoms with Crippen molar-refractivity contribution in [3.05, 3.63) is 53.7 Å². The molecule has 0 bridgehead atoms. The predicted octanol–water partition coefficient (Wildman–Crippen LogP) is 2.91. The number of aromatic nitrogens is 1. The van der Waals surface area contributed by atoms with Gasteiger partial charge < -0.3 is 19.4 Å². The van der Waals surface area contributed by atoms with Crippen molar-refractivity contribution in [2.45, 2.75) is 31.8 Å². The van der Waals surface area contributed by atoms with Gasteiger partial charge in [0.15, 0.2) is 5.11 Å². The smallest absolute Gasteiger partial charge is 0.305 e. The molecule has 1 aliphatic rings. The minimum absolute atomic E-state index is 0.0997. The maximum absolute atomic E-state index is 11.4. The molecule has 7 heteroatoms. The Bertz CT molecular complexity index is 747. The van der Waals surface area contributed by atoms with E-state index in [0.717, 1.165) is 17.2 Å². The van der Waals surface area contributed by atoms with Crippen LogP contribution in [-0.2, 0) is 9.53 Å². The van der Waals surface area contributed by atoms with Gasteiger partial charge in [-0.05, 0) is 49.8 Å². The third kappa shape index (κ3) is 3.82. The van der Waals surface area contributed by atoms with Gasteiger partial charge in [0.05, 0.1) is 18.8 Å². The number of hydrogen-bond donors (Lipinski definition) is 1. The number of thiocarbonyl (C=S) groups is 1. The summed E-state index contributed by atoms with van der Waals surface area (Å²) < 4.78 is 10.6. The van der Waals surface area contributed by atoms with Crippen LogP contribution in [0.1, 0.15) is 42.1 Å². The van der Waals surface area contributed by atoms with Crippen LogP contribution >= 0.6 is 12.2 Å². The molecule has 1 N–H and O–H groups in total. The molecule has 2 aromatic rings. The quantitative estimate of drug-likeness (QED) is 0.628. The molecule has 0 unspecified atom stereocenters. The molecule has 1 fully saturated rings. The highest BCUT2D eigenvalue weighted by Gasteiger charge is 2.41. The first-order valence-corrected chi connectivity index (χ1v) is 8.62. The van der Waals surface area contributed by atoms with E-state index < -0.39 is 0 Å². The van der Waals surface area contributed by atoms with Crippen LogP contribution in [0.2, 0.25) is 0 Å². The van der Waals surface area contributed by atoms with E-state index in [1.807, 2.05) is 37.3 Å². The summed E-state index contributed by atoms with van der Waals surface area (Å²) in [6.45, 7) is 2.55. The standard InChI is InChI=1S/C18H21N3O3S/c1-12-8-9-14(24-12)17-16(13-6-3-4-10-19-13)20-18(25)21(17)11-5-7-15(22)23-2/h3-4,6,8-10,16-17H,5,7,11H2,1-2H3,(H,20,25)/t16-,17-/m1/s1. The zero-order chi connectivity index (χ0) is 17.8. The molecule has 3 rings (SSSR count). The van der Waals surface area contributed by atoms with Crippen molar-refractivity contribution in [1.82, 2.24) is 15.2 Å². The number of hydrogen-bond acceptors (Lipinski definition) is 5. The number of nitrogens with zero attached hydrogens (tertiary/aromatic N) is 2. The summed E-state index contributed by atoms with van der Waals surface area (Å²) in [5, 5.41) is 3.99. The highest BCUT2D eigenvalue weighted by atomic mass is 32.1. The molecule has 25 heavy (non-hydrogen) atoms. The summed E-state index contributed by atoms with van der Waals surface area (Å²) in [6, 6.07) is 9.53. The molecule has 0 radical (unpaired) electrons. The van der Waals surface area contributed by atoms with Gasteiger partial charge in [-0.25, -0.2) is 0 Å². The van der Waals surface area contributed by atoms with E-state index in [2.05, 4.69) is 15.2 Å². The number of furan rings is 1. The fourth-order valence-corrected chi connectivity index (χ4v) is 3.40. The molecule has 2 atom stereocenters. The first kappa shape index (κ1) is 17.4. The van der Waals surface area contributed by atoms with Crippen LogP contribution in [0, 0.1) is 6.92 Å². The molecule has 0 aromatic carbocycles. The van der Waals surface area contributed by atoms with E-state index in [0.29, 0.717) is 24.5 Å². The Hall–Kier alpha value is -2.41. The molecule has 6 nitrogen and oxygen atoms in total. The number of pyridine rings is 1. The van der Waals surface area contributed by atoms with Gasteiger partial charge in [-0.2, -0.15) is 0 Å². The summed E-state index contributed by atoms with van der Waals surface area (Å²) in [5.41, 5.74) is 0.902. The highest BCUT2D eigenvalue weighted by molar-refractivity contribution is 7.80. The number of carbonyl (C=O) groups is 1. The number of methoxy groups -OCH3 is 1. The summed E-state index contributed by atoms with van der Waals surface area (Å²) in [5.74, 6) is 1.46. The van der Waals surface area contributed by atoms with Crippen LogP contribution in [0.15, 0.2) is 40.9 Å². The van der Waals surface area contributed by atoms with Crippen molar-refractivity contribution in [3.8, 4) is 0 Å². The van der Waals surface area contributed by atoms with Gasteiger partial charge in [0, 0.05) is 19.2 Å². The van der Waals surface area contributed by atoms with Crippen molar-refractivity contribution in [2.24, 2.45) is 0 Å².